The summed E-state index contributed by atoms with van der Waals surface area (Å²) < 4.78 is 11.7. The standard InChI is InChI=1S/C19H24N4O3/c1-13(24)25-16-7-4-8-17(16)26-18-14-5-2-3-6-15(14)21-19(22-18)23-11-9-20-10-12-23/h2-3,5-6,16-17,20H,4,7-12H2,1H3/t16-,17+/m0/s1. The van der Waals surface area contributed by atoms with E-state index in [2.05, 4.69) is 10.2 Å². The number of para-hydroxylation sites is 1. The van der Waals surface area contributed by atoms with Gasteiger partial charge in [-0.1, -0.05) is 12.1 Å². The average molecular weight is 356 g/mol. The Balaban J connectivity index is 1.65. The van der Waals surface area contributed by atoms with Crippen molar-refractivity contribution >= 4 is 22.8 Å². The van der Waals surface area contributed by atoms with Gasteiger partial charge in [-0.3, -0.25) is 4.79 Å². The molecule has 1 saturated heterocycles. The number of esters is 1. The van der Waals surface area contributed by atoms with Crippen LogP contribution >= 0.6 is 0 Å². The molecule has 0 radical (unpaired) electrons. The van der Waals surface area contributed by atoms with E-state index in [1.54, 1.807) is 0 Å². The molecule has 2 aliphatic rings. The third kappa shape index (κ3) is 3.58. The fourth-order valence-electron chi connectivity index (χ4n) is 3.65. The Kier molecular flexibility index (Phi) is 4.88. The maximum Gasteiger partial charge on any atom is 0.303 e. The summed E-state index contributed by atoms with van der Waals surface area (Å²) in [7, 11) is 0. The fraction of sp³-hybridized carbons (Fsp3) is 0.526. The monoisotopic (exact) mass is 356 g/mol. The van der Waals surface area contributed by atoms with Crippen LogP contribution in [0.5, 0.6) is 5.88 Å². The highest BCUT2D eigenvalue weighted by molar-refractivity contribution is 5.84. The number of fused-ring (bicyclic) bond motifs is 1. The summed E-state index contributed by atoms with van der Waals surface area (Å²) in [6.07, 6.45) is 2.31. The normalized spacial score (nSPS) is 23.2. The van der Waals surface area contributed by atoms with Gasteiger partial charge in [-0.15, -0.1) is 0 Å². The number of rotatable bonds is 4. The quantitative estimate of drug-likeness (QED) is 0.839. The average Bonchev–Trinajstić information content (AvgIpc) is 3.08. The minimum Gasteiger partial charge on any atom is -0.470 e. The molecular formula is C19H24N4O3. The molecule has 1 aliphatic carbocycles. The van der Waals surface area contributed by atoms with Crippen LogP contribution in [0.15, 0.2) is 24.3 Å². The first-order valence-electron chi connectivity index (χ1n) is 9.27. The molecule has 0 amide bonds. The molecule has 4 rings (SSSR count). The van der Waals surface area contributed by atoms with Crippen molar-refractivity contribution in [1.82, 2.24) is 15.3 Å². The minimum atomic E-state index is -0.264. The fourth-order valence-corrected chi connectivity index (χ4v) is 3.65. The summed E-state index contributed by atoms with van der Waals surface area (Å²) in [6, 6.07) is 7.88. The first kappa shape index (κ1) is 17.0. The first-order valence-corrected chi connectivity index (χ1v) is 9.27. The number of anilines is 1. The zero-order valence-corrected chi connectivity index (χ0v) is 15.0. The number of hydrogen-bond acceptors (Lipinski definition) is 7. The number of benzene rings is 1. The molecule has 138 valence electrons. The Hall–Kier alpha value is -2.41. The van der Waals surface area contributed by atoms with Gasteiger partial charge < -0.3 is 19.7 Å². The molecule has 7 heteroatoms. The molecule has 26 heavy (non-hydrogen) atoms. The minimum absolute atomic E-state index is 0.159. The lowest BCUT2D eigenvalue weighted by molar-refractivity contribution is -0.149. The van der Waals surface area contributed by atoms with Crippen LogP contribution in [0, 0.1) is 0 Å². The second-order valence-electron chi connectivity index (χ2n) is 6.82. The van der Waals surface area contributed by atoms with Crippen LogP contribution in [0.2, 0.25) is 0 Å². The van der Waals surface area contributed by atoms with E-state index in [-0.39, 0.29) is 18.2 Å². The predicted octanol–water partition coefficient (Wildman–Crippen LogP) is 1.90. The number of hydrogen-bond donors (Lipinski definition) is 1. The second kappa shape index (κ2) is 7.45. The summed E-state index contributed by atoms with van der Waals surface area (Å²) in [4.78, 5) is 23.0. The van der Waals surface area contributed by atoms with Crippen LogP contribution in [0.1, 0.15) is 26.2 Å². The van der Waals surface area contributed by atoms with Crippen molar-refractivity contribution in [3.63, 3.8) is 0 Å². The van der Waals surface area contributed by atoms with E-state index in [1.807, 2.05) is 24.3 Å². The van der Waals surface area contributed by atoms with Gasteiger partial charge in [-0.25, -0.2) is 4.98 Å². The van der Waals surface area contributed by atoms with Gasteiger partial charge in [-0.2, -0.15) is 4.98 Å². The molecular weight excluding hydrogens is 332 g/mol. The molecule has 0 spiro atoms. The van der Waals surface area contributed by atoms with E-state index in [1.165, 1.54) is 6.92 Å². The Morgan fingerprint density at radius 2 is 1.92 bits per heavy atom. The number of aromatic nitrogens is 2. The summed E-state index contributed by atoms with van der Waals surface area (Å²) in [5.41, 5.74) is 0.869. The van der Waals surface area contributed by atoms with Crippen molar-refractivity contribution in [3.8, 4) is 5.88 Å². The SMILES string of the molecule is CC(=O)O[C@H]1CCC[C@H]1Oc1nc(N2CCNCC2)nc2ccccc12. The van der Waals surface area contributed by atoms with Crippen LogP contribution in [-0.2, 0) is 9.53 Å². The lowest BCUT2D eigenvalue weighted by Gasteiger charge is -2.28. The van der Waals surface area contributed by atoms with Crippen molar-refractivity contribution in [2.75, 3.05) is 31.1 Å². The van der Waals surface area contributed by atoms with Crippen LogP contribution in [0.25, 0.3) is 10.9 Å². The smallest absolute Gasteiger partial charge is 0.303 e. The summed E-state index contributed by atoms with van der Waals surface area (Å²) >= 11 is 0. The molecule has 0 unspecified atom stereocenters. The lowest BCUT2D eigenvalue weighted by atomic mass is 10.2. The van der Waals surface area contributed by atoms with Gasteiger partial charge in [0.2, 0.25) is 11.8 Å². The van der Waals surface area contributed by atoms with E-state index in [0.29, 0.717) is 11.8 Å². The Morgan fingerprint density at radius 1 is 1.15 bits per heavy atom. The van der Waals surface area contributed by atoms with E-state index >= 15 is 0 Å². The zero-order valence-electron chi connectivity index (χ0n) is 15.0. The molecule has 1 aromatic heterocycles. The largest absolute Gasteiger partial charge is 0.470 e. The molecule has 2 fully saturated rings. The van der Waals surface area contributed by atoms with E-state index in [0.717, 1.165) is 56.3 Å². The molecule has 1 aromatic carbocycles. The molecule has 0 bridgehead atoms. The third-order valence-electron chi connectivity index (χ3n) is 4.93. The number of carbonyl (C=O) groups excluding carboxylic acids is 1. The van der Waals surface area contributed by atoms with Gasteiger partial charge >= 0.3 is 5.97 Å². The maximum atomic E-state index is 11.4. The molecule has 1 saturated carbocycles. The number of piperazine rings is 1. The van der Waals surface area contributed by atoms with Gasteiger partial charge in [0.1, 0.15) is 12.2 Å². The summed E-state index contributed by atoms with van der Waals surface area (Å²) in [6.45, 7) is 5.03. The number of nitrogens with one attached hydrogen (secondary N) is 1. The van der Waals surface area contributed by atoms with Crippen LogP contribution < -0.4 is 15.0 Å². The predicted molar refractivity (Wildman–Crippen MR) is 98.4 cm³/mol. The van der Waals surface area contributed by atoms with Gasteiger partial charge in [0.05, 0.1) is 10.9 Å². The lowest BCUT2D eigenvalue weighted by Crippen LogP contribution is -2.44. The van der Waals surface area contributed by atoms with Gasteiger partial charge in [0.15, 0.2) is 0 Å². The van der Waals surface area contributed by atoms with Crippen molar-refractivity contribution in [3.05, 3.63) is 24.3 Å². The van der Waals surface area contributed by atoms with Crippen LogP contribution in [-0.4, -0.2) is 54.3 Å². The van der Waals surface area contributed by atoms with E-state index < -0.39 is 0 Å². The molecule has 1 aliphatic heterocycles. The summed E-state index contributed by atoms with van der Waals surface area (Å²) in [5, 5.41) is 4.23. The summed E-state index contributed by atoms with van der Waals surface area (Å²) in [5.74, 6) is 1.01. The van der Waals surface area contributed by atoms with Crippen molar-refractivity contribution < 1.29 is 14.3 Å². The third-order valence-corrected chi connectivity index (χ3v) is 4.93. The van der Waals surface area contributed by atoms with Gasteiger partial charge in [-0.05, 0) is 31.4 Å². The highest BCUT2D eigenvalue weighted by Gasteiger charge is 2.32. The second-order valence-corrected chi connectivity index (χ2v) is 6.82. The molecule has 1 N–H and O–H groups in total. The van der Waals surface area contributed by atoms with E-state index in [9.17, 15) is 4.79 Å². The Labute approximate surface area is 152 Å². The molecule has 2 atom stereocenters. The highest BCUT2D eigenvalue weighted by Crippen LogP contribution is 2.31. The number of carbonyl (C=O) groups is 1. The number of nitrogens with zero attached hydrogens (tertiary/aromatic N) is 3. The zero-order chi connectivity index (χ0) is 17.9. The maximum absolute atomic E-state index is 11.4. The Bertz CT molecular complexity index is 791. The highest BCUT2D eigenvalue weighted by atomic mass is 16.6. The topological polar surface area (TPSA) is 76.6 Å². The van der Waals surface area contributed by atoms with Crippen LogP contribution in [0.4, 0.5) is 5.95 Å². The molecule has 2 aromatic rings. The molecule has 7 nitrogen and oxygen atoms in total. The van der Waals surface area contributed by atoms with Crippen molar-refractivity contribution in [2.45, 2.75) is 38.4 Å². The van der Waals surface area contributed by atoms with Crippen LogP contribution in [0.3, 0.4) is 0 Å². The number of ether oxygens (including phenoxy) is 2. The Morgan fingerprint density at radius 3 is 2.73 bits per heavy atom. The van der Waals surface area contributed by atoms with E-state index in [4.69, 9.17) is 19.4 Å². The first-order chi connectivity index (χ1) is 12.7. The van der Waals surface area contributed by atoms with Gasteiger partial charge in [0.25, 0.3) is 0 Å². The van der Waals surface area contributed by atoms with Gasteiger partial charge in [0, 0.05) is 33.1 Å². The van der Waals surface area contributed by atoms with Crippen molar-refractivity contribution in [1.29, 1.82) is 0 Å². The van der Waals surface area contributed by atoms with Crippen molar-refractivity contribution in [2.24, 2.45) is 0 Å². The molecule has 2 heterocycles.